The zero-order chi connectivity index (χ0) is 18.4. The fraction of sp³-hybridized carbons (Fsp3) is 0.333. The van der Waals surface area contributed by atoms with Crippen molar-refractivity contribution in [1.82, 2.24) is 5.32 Å². The van der Waals surface area contributed by atoms with Gasteiger partial charge in [-0.2, -0.15) is 0 Å². The van der Waals surface area contributed by atoms with Gasteiger partial charge in [0.2, 0.25) is 0 Å². The molecule has 0 radical (unpaired) electrons. The molecule has 0 saturated carbocycles. The smallest absolute Gasteiger partial charge is 0.345 e. The molecule has 136 valence electrons. The van der Waals surface area contributed by atoms with Crippen LogP contribution in [-0.4, -0.2) is 31.4 Å². The monoisotopic (exact) mass is 353 g/mol. The minimum absolute atomic E-state index is 0.00771. The van der Waals surface area contributed by atoms with Gasteiger partial charge in [0.15, 0.2) is 12.4 Å². The van der Waals surface area contributed by atoms with Crippen molar-refractivity contribution in [3.8, 4) is 5.75 Å². The number of carbonyl (C=O) groups is 2. The lowest BCUT2D eigenvalue weighted by Gasteiger charge is -2.37. The number of ketones is 1. The van der Waals surface area contributed by atoms with Crippen LogP contribution in [0.1, 0.15) is 35.7 Å². The molecule has 5 heteroatoms. The Labute approximate surface area is 153 Å². The Kier molecular flexibility index (Phi) is 5.68. The van der Waals surface area contributed by atoms with E-state index in [4.69, 9.17) is 9.47 Å². The van der Waals surface area contributed by atoms with Gasteiger partial charge in [0, 0.05) is 18.4 Å². The molecule has 1 fully saturated rings. The normalized spacial score (nSPS) is 15.9. The number of benzene rings is 2. The predicted octanol–water partition coefficient (Wildman–Crippen LogP) is 3.09. The summed E-state index contributed by atoms with van der Waals surface area (Å²) in [5.74, 6) is 0.129. The van der Waals surface area contributed by atoms with Crippen molar-refractivity contribution in [2.45, 2.75) is 25.4 Å². The number of piperidine rings is 1. The first-order valence-corrected chi connectivity index (χ1v) is 8.81. The number of Topliss-reactive ketones (excluding diaryl/α,β-unsaturated/α-hetero) is 1. The zero-order valence-electron chi connectivity index (χ0n) is 14.9. The molecule has 3 rings (SSSR count). The second-order valence-corrected chi connectivity index (χ2v) is 6.45. The van der Waals surface area contributed by atoms with E-state index in [-0.39, 0.29) is 12.4 Å². The van der Waals surface area contributed by atoms with E-state index in [1.807, 2.05) is 30.3 Å². The molecule has 0 spiro atoms. The van der Waals surface area contributed by atoms with Crippen LogP contribution in [0.5, 0.6) is 5.75 Å². The number of ether oxygens (including phenoxy) is 2. The maximum atomic E-state index is 12.4. The van der Waals surface area contributed by atoms with E-state index in [1.54, 1.807) is 24.3 Å². The molecule has 1 aliphatic heterocycles. The van der Waals surface area contributed by atoms with Gasteiger partial charge in [-0.3, -0.25) is 4.79 Å². The fourth-order valence-electron chi connectivity index (χ4n) is 3.20. The SMILES string of the molecule is CC(=O)c1ccc(OCC(=O)OC2(c3ccccc3)CCNCC2)cc1. The number of hydrogen-bond acceptors (Lipinski definition) is 5. The minimum atomic E-state index is -0.606. The molecule has 1 aliphatic rings. The number of carbonyl (C=O) groups excluding carboxylic acids is 2. The van der Waals surface area contributed by atoms with Crippen LogP contribution in [0.25, 0.3) is 0 Å². The second kappa shape index (κ2) is 8.15. The van der Waals surface area contributed by atoms with E-state index in [0.717, 1.165) is 31.5 Å². The van der Waals surface area contributed by atoms with Crippen LogP contribution in [0.3, 0.4) is 0 Å². The number of esters is 1. The predicted molar refractivity (Wildman–Crippen MR) is 98.3 cm³/mol. The molecule has 0 amide bonds. The van der Waals surface area contributed by atoms with E-state index in [1.165, 1.54) is 6.92 Å². The van der Waals surface area contributed by atoms with Crippen molar-refractivity contribution in [1.29, 1.82) is 0 Å². The molecule has 0 aromatic heterocycles. The van der Waals surface area contributed by atoms with Crippen LogP contribution in [0.15, 0.2) is 54.6 Å². The Morgan fingerprint density at radius 1 is 1.00 bits per heavy atom. The highest BCUT2D eigenvalue weighted by atomic mass is 16.6. The molecule has 2 aromatic rings. The standard InChI is InChI=1S/C21H23NO4/c1-16(23)17-7-9-19(10-8-17)25-15-20(24)26-21(11-13-22-14-12-21)18-5-3-2-4-6-18/h2-10,22H,11-15H2,1H3. The van der Waals surface area contributed by atoms with Gasteiger partial charge in [0.05, 0.1) is 0 Å². The van der Waals surface area contributed by atoms with Gasteiger partial charge in [-0.25, -0.2) is 4.79 Å². The van der Waals surface area contributed by atoms with Gasteiger partial charge in [0.1, 0.15) is 11.4 Å². The average Bonchev–Trinajstić information content (AvgIpc) is 2.68. The van der Waals surface area contributed by atoms with Crippen LogP contribution in [-0.2, 0) is 15.1 Å². The summed E-state index contributed by atoms with van der Waals surface area (Å²) < 4.78 is 11.4. The Hall–Kier alpha value is -2.66. The molecule has 0 atom stereocenters. The lowest BCUT2D eigenvalue weighted by molar-refractivity contribution is -0.166. The van der Waals surface area contributed by atoms with Crippen molar-refractivity contribution in [3.63, 3.8) is 0 Å². The third-order valence-electron chi connectivity index (χ3n) is 4.64. The highest BCUT2D eigenvalue weighted by molar-refractivity contribution is 5.94. The lowest BCUT2D eigenvalue weighted by Crippen LogP contribution is -2.43. The summed E-state index contributed by atoms with van der Waals surface area (Å²) in [6.07, 6.45) is 1.46. The van der Waals surface area contributed by atoms with Crippen LogP contribution >= 0.6 is 0 Å². The maximum Gasteiger partial charge on any atom is 0.345 e. The van der Waals surface area contributed by atoms with Crippen molar-refractivity contribution < 1.29 is 19.1 Å². The lowest BCUT2D eigenvalue weighted by atomic mass is 9.85. The van der Waals surface area contributed by atoms with Gasteiger partial charge in [-0.1, -0.05) is 30.3 Å². The van der Waals surface area contributed by atoms with Crippen LogP contribution in [0, 0.1) is 0 Å². The first-order valence-electron chi connectivity index (χ1n) is 8.81. The molecule has 0 aliphatic carbocycles. The van der Waals surface area contributed by atoms with Crippen molar-refractivity contribution in [3.05, 3.63) is 65.7 Å². The molecular formula is C21H23NO4. The van der Waals surface area contributed by atoms with Crippen LogP contribution < -0.4 is 10.1 Å². The van der Waals surface area contributed by atoms with Crippen LogP contribution in [0.2, 0.25) is 0 Å². The summed E-state index contributed by atoms with van der Waals surface area (Å²) in [5, 5.41) is 3.30. The molecule has 26 heavy (non-hydrogen) atoms. The maximum absolute atomic E-state index is 12.4. The van der Waals surface area contributed by atoms with Gasteiger partial charge < -0.3 is 14.8 Å². The summed E-state index contributed by atoms with van der Waals surface area (Å²) in [6.45, 7) is 2.95. The van der Waals surface area contributed by atoms with Gasteiger partial charge in [0.25, 0.3) is 0 Å². The van der Waals surface area contributed by atoms with E-state index < -0.39 is 11.6 Å². The summed E-state index contributed by atoms with van der Waals surface area (Å²) in [5.41, 5.74) is 1.02. The summed E-state index contributed by atoms with van der Waals surface area (Å²) in [4.78, 5) is 23.7. The van der Waals surface area contributed by atoms with Gasteiger partial charge >= 0.3 is 5.97 Å². The molecule has 0 bridgehead atoms. The highest BCUT2D eigenvalue weighted by Gasteiger charge is 2.37. The highest BCUT2D eigenvalue weighted by Crippen LogP contribution is 2.34. The third kappa shape index (κ3) is 4.29. The fourth-order valence-corrected chi connectivity index (χ4v) is 3.20. The molecule has 0 unspecified atom stereocenters. The Balaban J connectivity index is 1.64. The third-order valence-corrected chi connectivity index (χ3v) is 4.64. The quantitative estimate of drug-likeness (QED) is 0.639. The molecule has 5 nitrogen and oxygen atoms in total. The summed E-state index contributed by atoms with van der Waals surface area (Å²) in [7, 11) is 0. The van der Waals surface area contributed by atoms with Crippen molar-refractivity contribution in [2.75, 3.05) is 19.7 Å². The molecular weight excluding hydrogens is 330 g/mol. The van der Waals surface area contributed by atoms with Gasteiger partial charge in [-0.05, 0) is 49.8 Å². The molecule has 1 N–H and O–H groups in total. The second-order valence-electron chi connectivity index (χ2n) is 6.45. The summed E-state index contributed by atoms with van der Waals surface area (Å²) in [6, 6.07) is 16.6. The molecule has 1 saturated heterocycles. The Morgan fingerprint density at radius 3 is 2.27 bits per heavy atom. The van der Waals surface area contributed by atoms with Crippen LogP contribution in [0.4, 0.5) is 0 Å². The topological polar surface area (TPSA) is 64.6 Å². The number of nitrogens with one attached hydrogen (secondary N) is 1. The van der Waals surface area contributed by atoms with E-state index >= 15 is 0 Å². The molecule has 2 aromatic carbocycles. The Bertz CT molecular complexity index is 749. The first kappa shape index (κ1) is 18.1. The number of rotatable bonds is 6. The Morgan fingerprint density at radius 2 is 1.65 bits per heavy atom. The van der Waals surface area contributed by atoms with Crippen molar-refractivity contribution >= 4 is 11.8 Å². The van der Waals surface area contributed by atoms with Gasteiger partial charge in [-0.15, -0.1) is 0 Å². The van der Waals surface area contributed by atoms with E-state index in [9.17, 15) is 9.59 Å². The summed E-state index contributed by atoms with van der Waals surface area (Å²) >= 11 is 0. The first-order chi connectivity index (χ1) is 12.6. The average molecular weight is 353 g/mol. The van der Waals surface area contributed by atoms with Crippen molar-refractivity contribution in [2.24, 2.45) is 0 Å². The largest absolute Gasteiger partial charge is 0.482 e. The van der Waals surface area contributed by atoms with E-state index in [0.29, 0.717) is 11.3 Å². The zero-order valence-corrected chi connectivity index (χ0v) is 14.9. The van der Waals surface area contributed by atoms with E-state index in [2.05, 4.69) is 5.32 Å². The minimum Gasteiger partial charge on any atom is -0.482 e. The molecule has 1 heterocycles. The number of hydrogen-bond donors (Lipinski definition) is 1.